The highest BCUT2D eigenvalue weighted by molar-refractivity contribution is 6.06. The van der Waals surface area contributed by atoms with Crippen molar-refractivity contribution >= 4 is 34.3 Å². The van der Waals surface area contributed by atoms with Crippen LogP contribution in [0.4, 0.5) is 5.69 Å². The average Bonchev–Trinajstić information content (AvgIpc) is 2.94. The van der Waals surface area contributed by atoms with Crippen LogP contribution in [0.3, 0.4) is 0 Å². The maximum Gasteiger partial charge on any atom is 0.337 e. The first-order valence-electron chi connectivity index (χ1n) is 11.3. The lowest BCUT2D eigenvalue weighted by Crippen LogP contribution is -2.15. The Morgan fingerprint density at radius 1 is 0.703 bits per heavy atom. The quantitative estimate of drug-likeness (QED) is 0.330. The predicted molar refractivity (Wildman–Crippen MR) is 138 cm³/mol. The zero-order chi connectivity index (χ0) is 26.4. The van der Waals surface area contributed by atoms with Gasteiger partial charge in [-0.15, -0.1) is 0 Å². The van der Waals surface area contributed by atoms with Crippen LogP contribution in [-0.4, -0.2) is 39.2 Å². The molecular weight excluding hydrogens is 474 g/mol. The second kappa shape index (κ2) is 11.3. The normalized spacial score (nSPS) is 10.5. The molecule has 0 saturated carbocycles. The Morgan fingerprint density at radius 2 is 1.38 bits per heavy atom. The SMILES string of the molecule is COC(=O)c1cc(NC(=O)c2ccc(OC)c(COc3cccc4ccccc34)c2)cc(C(=O)OC)c1. The van der Waals surface area contributed by atoms with Crippen LogP contribution < -0.4 is 14.8 Å². The van der Waals surface area contributed by atoms with E-state index < -0.39 is 17.8 Å². The van der Waals surface area contributed by atoms with Crippen molar-refractivity contribution in [2.45, 2.75) is 6.61 Å². The summed E-state index contributed by atoms with van der Waals surface area (Å²) in [6.07, 6.45) is 0. The fraction of sp³-hybridized carbons (Fsp3) is 0.138. The van der Waals surface area contributed by atoms with E-state index in [1.165, 1.54) is 32.4 Å². The van der Waals surface area contributed by atoms with Crippen molar-refractivity contribution in [3.63, 3.8) is 0 Å². The molecule has 4 aromatic rings. The number of rotatable bonds is 8. The number of fused-ring (bicyclic) bond motifs is 1. The van der Waals surface area contributed by atoms with Gasteiger partial charge in [-0.1, -0.05) is 36.4 Å². The zero-order valence-electron chi connectivity index (χ0n) is 20.6. The summed E-state index contributed by atoms with van der Waals surface area (Å²) in [5.41, 5.74) is 1.43. The van der Waals surface area contributed by atoms with Crippen LogP contribution in [0.2, 0.25) is 0 Å². The summed E-state index contributed by atoms with van der Waals surface area (Å²) in [6.45, 7) is 0.169. The Morgan fingerprint density at radius 3 is 2.05 bits per heavy atom. The number of carbonyl (C=O) groups excluding carboxylic acids is 3. The predicted octanol–water partition coefficient (Wildman–Crippen LogP) is 5.25. The van der Waals surface area contributed by atoms with E-state index in [2.05, 4.69) is 5.32 Å². The number of benzene rings is 4. The first kappa shape index (κ1) is 25.2. The minimum atomic E-state index is -0.654. The number of amides is 1. The van der Waals surface area contributed by atoms with E-state index in [1.807, 2.05) is 42.5 Å². The Bertz CT molecular complexity index is 1440. The van der Waals surface area contributed by atoms with Gasteiger partial charge in [0.2, 0.25) is 0 Å². The standard InChI is InChI=1S/C29H25NO7/c1-34-25-12-11-19(13-22(25)17-37-26-10-6-8-18-7-4-5-9-24(18)26)27(31)30-23-15-20(28(32)35-2)14-21(16-23)29(33)36-3/h4-16H,17H2,1-3H3,(H,30,31). The highest BCUT2D eigenvalue weighted by Gasteiger charge is 2.17. The lowest BCUT2D eigenvalue weighted by Gasteiger charge is -2.14. The summed E-state index contributed by atoms with van der Waals surface area (Å²) in [6, 6.07) is 22.9. The number of esters is 2. The van der Waals surface area contributed by atoms with E-state index in [0.29, 0.717) is 22.6 Å². The molecule has 0 unspecified atom stereocenters. The van der Waals surface area contributed by atoms with E-state index in [9.17, 15) is 14.4 Å². The zero-order valence-corrected chi connectivity index (χ0v) is 20.6. The molecule has 0 spiro atoms. The van der Waals surface area contributed by atoms with Gasteiger partial charge in [-0.05, 0) is 47.9 Å². The van der Waals surface area contributed by atoms with Gasteiger partial charge in [0.25, 0.3) is 5.91 Å². The highest BCUT2D eigenvalue weighted by Crippen LogP contribution is 2.28. The van der Waals surface area contributed by atoms with Crippen molar-refractivity contribution in [1.82, 2.24) is 0 Å². The molecule has 1 N–H and O–H groups in total. The van der Waals surface area contributed by atoms with E-state index >= 15 is 0 Å². The molecule has 0 fully saturated rings. The molecule has 8 nitrogen and oxygen atoms in total. The molecule has 0 heterocycles. The Kier molecular flexibility index (Phi) is 7.68. The van der Waals surface area contributed by atoms with E-state index in [0.717, 1.165) is 10.8 Å². The van der Waals surface area contributed by atoms with E-state index in [4.69, 9.17) is 18.9 Å². The van der Waals surface area contributed by atoms with Crippen molar-refractivity contribution in [2.24, 2.45) is 0 Å². The van der Waals surface area contributed by atoms with Crippen LogP contribution in [0.15, 0.2) is 78.9 Å². The molecule has 1 amide bonds. The van der Waals surface area contributed by atoms with Crippen molar-refractivity contribution < 1.29 is 33.3 Å². The molecule has 4 rings (SSSR count). The Balaban J connectivity index is 1.58. The van der Waals surface area contributed by atoms with E-state index in [1.54, 1.807) is 25.3 Å². The maximum absolute atomic E-state index is 13.1. The van der Waals surface area contributed by atoms with Crippen molar-refractivity contribution in [2.75, 3.05) is 26.6 Å². The van der Waals surface area contributed by atoms with Crippen molar-refractivity contribution in [3.8, 4) is 11.5 Å². The fourth-order valence-electron chi connectivity index (χ4n) is 3.88. The topological polar surface area (TPSA) is 100 Å². The first-order chi connectivity index (χ1) is 17.9. The van der Waals surface area contributed by atoms with Gasteiger partial charge in [-0.3, -0.25) is 4.79 Å². The number of anilines is 1. The third kappa shape index (κ3) is 5.70. The van der Waals surface area contributed by atoms with Gasteiger partial charge in [0.05, 0.1) is 32.5 Å². The number of carbonyl (C=O) groups is 3. The van der Waals surface area contributed by atoms with Crippen LogP contribution in [0, 0.1) is 0 Å². The molecular formula is C29H25NO7. The van der Waals surface area contributed by atoms with E-state index in [-0.39, 0.29) is 23.4 Å². The summed E-state index contributed by atoms with van der Waals surface area (Å²) >= 11 is 0. The second-order valence-corrected chi connectivity index (χ2v) is 8.03. The Labute approximate surface area is 213 Å². The highest BCUT2D eigenvalue weighted by atomic mass is 16.5. The average molecular weight is 500 g/mol. The number of hydrogen-bond acceptors (Lipinski definition) is 7. The third-order valence-corrected chi connectivity index (χ3v) is 5.71. The third-order valence-electron chi connectivity index (χ3n) is 5.71. The smallest absolute Gasteiger partial charge is 0.337 e. The lowest BCUT2D eigenvalue weighted by molar-refractivity contribution is 0.0599. The van der Waals surface area contributed by atoms with Gasteiger partial charge in [-0.25, -0.2) is 9.59 Å². The van der Waals surface area contributed by atoms with Crippen LogP contribution in [0.1, 0.15) is 36.6 Å². The number of ether oxygens (including phenoxy) is 4. The molecule has 0 aliphatic carbocycles. The molecule has 0 atom stereocenters. The molecule has 0 aliphatic heterocycles. The van der Waals surface area contributed by atoms with Crippen molar-refractivity contribution in [3.05, 3.63) is 101 Å². The molecule has 0 radical (unpaired) electrons. The summed E-state index contributed by atoms with van der Waals surface area (Å²) in [5.74, 6) is -0.480. The monoisotopic (exact) mass is 499 g/mol. The lowest BCUT2D eigenvalue weighted by atomic mass is 10.1. The molecule has 4 aromatic carbocycles. The summed E-state index contributed by atoms with van der Waals surface area (Å²) in [4.78, 5) is 37.2. The second-order valence-electron chi connectivity index (χ2n) is 8.03. The fourth-order valence-corrected chi connectivity index (χ4v) is 3.88. The molecule has 0 saturated heterocycles. The molecule has 8 heteroatoms. The van der Waals surface area contributed by atoms with Crippen LogP contribution in [0.5, 0.6) is 11.5 Å². The van der Waals surface area contributed by atoms with Crippen LogP contribution in [-0.2, 0) is 16.1 Å². The largest absolute Gasteiger partial charge is 0.496 e. The van der Waals surface area contributed by atoms with Gasteiger partial charge in [-0.2, -0.15) is 0 Å². The number of hydrogen-bond donors (Lipinski definition) is 1. The summed E-state index contributed by atoms with van der Waals surface area (Å²) < 4.78 is 21.1. The van der Waals surface area contributed by atoms with Gasteiger partial charge in [0.1, 0.15) is 18.1 Å². The molecule has 188 valence electrons. The minimum Gasteiger partial charge on any atom is -0.496 e. The first-order valence-corrected chi connectivity index (χ1v) is 11.3. The molecule has 37 heavy (non-hydrogen) atoms. The molecule has 0 bridgehead atoms. The van der Waals surface area contributed by atoms with Gasteiger partial charge >= 0.3 is 11.9 Å². The summed E-state index contributed by atoms with van der Waals surface area (Å²) in [7, 11) is 4.00. The van der Waals surface area contributed by atoms with Crippen LogP contribution >= 0.6 is 0 Å². The van der Waals surface area contributed by atoms with Crippen molar-refractivity contribution in [1.29, 1.82) is 0 Å². The van der Waals surface area contributed by atoms with Gasteiger partial charge in [0.15, 0.2) is 0 Å². The molecule has 0 aromatic heterocycles. The van der Waals surface area contributed by atoms with Gasteiger partial charge in [0, 0.05) is 22.2 Å². The summed E-state index contributed by atoms with van der Waals surface area (Å²) in [5, 5.41) is 4.76. The minimum absolute atomic E-state index is 0.0969. The van der Waals surface area contributed by atoms with Crippen LogP contribution in [0.25, 0.3) is 10.8 Å². The number of methoxy groups -OCH3 is 3. The number of nitrogens with one attached hydrogen (secondary N) is 1. The Hall–Kier alpha value is -4.85. The molecule has 0 aliphatic rings. The van der Waals surface area contributed by atoms with Gasteiger partial charge < -0.3 is 24.3 Å². The maximum atomic E-state index is 13.1.